The summed E-state index contributed by atoms with van der Waals surface area (Å²) < 4.78 is 37.6. The van der Waals surface area contributed by atoms with Crippen LogP contribution in [0.3, 0.4) is 0 Å². The highest BCUT2D eigenvalue weighted by molar-refractivity contribution is 6.30. The molecule has 1 aliphatic carbocycles. The van der Waals surface area contributed by atoms with Crippen LogP contribution >= 0.6 is 24.0 Å². The van der Waals surface area contributed by atoms with Gasteiger partial charge < -0.3 is 5.32 Å². The molecule has 0 atom stereocenters. The summed E-state index contributed by atoms with van der Waals surface area (Å²) in [6, 6.07) is 15.9. The number of aromatic nitrogens is 1. The number of halogens is 5. The van der Waals surface area contributed by atoms with Crippen LogP contribution in [0.15, 0.2) is 54.6 Å². The number of nitrogens with one attached hydrogen (secondary N) is 1. The number of benzene rings is 2. The van der Waals surface area contributed by atoms with Gasteiger partial charge in [-0.2, -0.15) is 13.2 Å². The van der Waals surface area contributed by atoms with Crippen molar-refractivity contribution in [2.75, 3.05) is 5.32 Å². The van der Waals surface area contributed by atoms with E-state index in [1.54, 1.807) is 12.1 Å². The molecule has 0 aliphatic heterocycles. The van der Waals surface area contributed by atoms with Crippen LogP contribution in [-0.4, -0.2) is 11.2 Å². The highest BCUT2D eigenvalue weighted by Crippen LogP contribution is 2.34. The first-order chi connectivity index (χ1) is 13.4. The van der Waals surface area contributed by atoms with Crippen LogP contribution < -0.4 is 5.32 Å². The van der Waals surface area contributed by atoms with Crippen molar-refractivity contribution in [3.63, 3.8) is 0 Å². The summed E-state index contributed by atoms with van der Waals surface area (Å²) in [5.41, 5.74) is 5.95. The molecule has 0 amide bonds. The molecule has 1 N–H and O–H groups in total. The number of hydrogen-bond donors (Lipinski definition) is 1. The Labute approximate surface area is 178 Å². The highest BCUT2D eigenvalue weighted by Gasteiger charge is 2.27. The van der Waals surface area contributed by atoms with E-state index in [0.717, 1.165) is 47.6 Å². The molecule has 1 heterocycles. The van der Waals surface area contributed by atoms with Gasteiger partial charge in [-0.25, -0.2) is 0 Å². The molecule has 1 aliphatic rings. The van der Waals surface area contributed by atoms with Crippen molar-refractivity contribution in [2.45, 2.75) is 31.9 Å². The Morgan fingerprint density at radius 1 is 1.00 bits per heavy atom. The zero-order valence-corrected chi connectivity index (χ0v) is 17.0. The van der Waals surface area contributed by atoms with E-state index >= 15 is 0 Å². The van der Waals surface area contributed by atoms with Gasteiger partial charge in [0.2, 0.25) is 0 Å². The van der Waals surface area contributed by atoms with Crippen molar-refractivity contribution < 1.29 is 13.2 Å². The molecule has 0 spiro atoms. The van der Waals surface area contributed by atoms with Gasteiger partial charge in [-0.05, 0) is 60.7 Å². The second-order valence-electron chi connectivity index (χ2n) is 6.96. The van der Waals surface area contributed by atoms with Crippen LogP contribution in [0.2, 0.25) is 5.02 Å². The molecular weight excluding hydrogens is 420 g/mol. The van der Waals surface area contributed by atoms with Gasteiger partial charge in [0.25, 0.3) is 0 Å². The maximum atomic E-state index is 12.5. The first-order valence-corrected chi connectivity index (χ1v) is 9.47. The Balaban J connectivity index is 0.00000240. The zero-order valence-electron chi connectivity index (χ0n) is 15.4. The largest absolute Gasteiger partial charge is 0.393 e. The Morgan fingerprint density at radius 2 is 1.76 bits per heavy atom. The van der Waals surface area contributed by atoms with Gasteiger partial charge in [-0.3, -0.25) is 4.98 Å². The SMILES string of the molecule is Cl.FC(F)(F)Cc1ccc(Nc2cc(-c3cccc(Cl)c3)nc3c2CCC3)cc1. The fourth-order valence-corrected chi connectivity index (χ4v) is 3.73. The Kier molecular flexibility index (Phi) is 6.39. The number of pyridine rings is 1. The second kappa shape index (κ2) is 8.64. The van der Waals surface area contributed by atoms with Gasteiger partial charge in [0, 0.05) is 27.7 Å². The Hall–Kier alpha value is -2.24. The minimum absolute atomic E-state index is 0. The molecule has 3 aromatic rings. The third-order valence-corrected chi connectivity index (χ3v) is 5.04. The van der Waals surface area contributed by atoms with Crippen molar-refractivity contribution in [1.82, 2.24) is 4.98 Å². The molecule has 0 fully saturated rings. The van der Waals surface area contributed by atoms with E-state index in [2.05, 4.69) is 5.32 Å². The summed E-state index contributed by atoms with van der Waals surface area (Å²) in [6.45, 7) is 0. The fourth-order valence-electron chi connectivity index (χ4n) is 3.54. The summed E-state index contributed by atoms with van der Waals surface area (Å²) in [4.78, 5) is 4.80. The Morgan fingerprint density at radius 3 is 2.45 bits per heavy atom. The number of hydrogen-bond acceptors (Lipinski definition) is 2. The minimum atomic E-state index is -4.20. The topological polar surface area (TPSA) is 24.9 Å². The maximum absolute atomic E-state index is 12.5. The molecular formula is C22H19Cl2F3N2. The van der Waals surface area contributed by atoms with E-state index in [1.165, 1.54) is 17.7 Å². The van der Waals surface area contributed by atoms with Crippen molar-refractivity contribution in [3.05, 3.63) is 76.4 Å². The first kappa shape index (κ1) is 21.5. The van der Waals surface area contributed by atoms with Gasteiger partial charge in [0.05, 0.1) is 12.1 Å². The van der Waals surface area contributed by atoms with Crippen molar-refractivity contribution in [2.24, 2.45) is 0 Å². The predicted molar refractivity (Wildman–Crippen MR) is 113 cm³/mol. The highest BCUT2D eigenvalue weighted by atomic mass is 35.5. The monoisotopic (exact) mass is 438 g/mol. The molecule has 4 rings (SSSR count). The fraction of sp³-hybridized carbons (Fsp3) is 0.227. The quantitative estimate of drug-likeness (QED) is 0.467. The third kappa shape index (κ3) is 5.22. The van der Waals surface area contributed by atoms with E-state index in [9.17, 15) is 13.2 Å². The van der Waals surface area contributed by atoms with E-state index in [-0.39, 0.29) is 18.0 Å². The van der Waals surface area contributed by atoms with Crippen molar-refractivity contribution in [3.8, 4) is 11.3 Å². The standard InChI is InChI=1S/C22H18ClF3N2.ClH/c23-16-4-1-3-15(11-16)20-12-21(18-5-2-6-19(18)28-20)27-17-9-7-14(8-10-17)13-22(24,25)26;/h1,3-4,7-12H,2,5-6,13H2,(H,27,28);1H. The van der Waals surface area contributed by atoms with Crippen molar-refractivity contribution >= 4 is 35.4 Å². The number of nitrogens with zero attached hydrogens (tertiary/aromatic N) is 1. The number of aryl methyl sites for hydroxylation is 1. The van der Waals surface area contributed by atoms with Gasteiger partial charge in [-0.1, -0.05) is 35.9 Å². The molecule has 2 nitrogen and oxygen atoms in total. The maximum Gasteiger partial charge on any atom is 0.393 e. The van der Waals surface area contributed by atoms with Gasteiger partial charge >= 0.3 is 6.18 Å². The van der Waals surface area contributed by atoms with Crippen LogP contribution in [0, 0.1) is 0 Å². The number of anilines is 2. The minimum Gasteiger partial charge on any atom is -0.355 e. The molecule has 0 radical (unpaired) electrons. The van der Waals surface area contributed by atoms with Crippen LogP contribution in [0.1, 0.15) is 23.2 Å². The number of fused-ring (bicyclic) bond motifs is 1. The average molecular weight is 439 g/mol. The molecule has 0 bridgehead atoms. The smallest absolute Gasteiger partial charge is 0.355 e. The van der Waals surface area contributed by atoms with Gasteiger partial charge in [0.15, 0.2) is 0 Å². The molecule has 29 heavy (non-hydrogen) atoms. The van der Waals surface area contributed by atoms with E-state index in [1.807, 2.05) is 30.3 Å². The molecule has 1 aromatic heterocycles. The molecule has 0 unspecified atom stereocenters. The summed E-state index contributed by atoms with van der Waals surface area (Å²) in [6.07, 6.45) is -2.22. The zero-order chi connectivity index (χ0) is 19.7. The van der Waals surface area contributed by atoms with E-state index in [4.69, 9.17) is 16.6 Å². The lowest BCUT2D eigenvalue weighted by molar-refractivity contribution is -0.127. The molecule has 2 aromatic carbocycles. The summed E-state index contributed by atoms with van der Waals surface area (Å²) in [5.74, 6) is 0. The van der Waals surface area contributed by atoms with Crippen LogP contribution in [0.5, 0.6) is 0 Å². The van der Waals surface area contributed by atoms with E-state index < -0.39 is 12.6 Å². The van der Waals surface area contributed by atoms with Crippen LogP contribution in [0.25, 0.3) is 11.3 Å². The lowest BCUT2D eigenvalue weighted by Gasteiger charge is -2.14. The third-order valence-electron chi connectivity index (χ3n) is 4.81. The molecule has 7 heteroatoms. The molecule has 0 saturated heterocycles. The normalized spacial score (nSPS) is 13.0. The lowest BCUT2D eigenvalue weighted by Crippen LogP contribution is -2.11. The Bertz CT molecular complexity index is 1000. The first-order valence-electron chi connectivity index (χ1n) is 9.09. The van der Waals surface area contributed by atoms with Crippen LogP contribution in [-0.2, 0) is 19.3 Å². The van der Waals surface area contributed by atoms with E-state index in [0.29, 0.717) is 5.02 Å². The number of alkyl halides is 3. The number of rotatable bonds is 4. The molecule has 152 valence electrons. The van der Waals surface area contributed by atoms with Crippen molar-refractivity contribution in [1.29, 1.82) is 0 Å². The predicted octanol–water partition coefficient (Wildman–Crippen LogP) is 7.16. The van der Waals surface area contributed by atoms with Gasteiger partial charge in [0.1, 0.15) is 0 Å². The van der Waals surface area contributed by atoms with Gasteiger partial charge in [-0.15, -0.1) is 12.4 Å². The summed E-state index contributed by atoms with van der Waals surface area (Å²) in [7, 11) is 0. The summed E-state index contributed by atoms with van der Waals surface area (Å²) >= 11 is 6.12. The molecule has 0 saturated carbocycles. The summed E-state index contributed by atoms with van der Waals surface area (Å²) in [5, 5.41) is 4.01. The second-order valence-corrected chi connectivity index (χ2v) is 7.39. The average Bonchev–Trinajstić information content (AvgIpc) is 3.11. The lowest BCUT2D eigenvalue weighted by atomic mass is 10.1. The van der Waals surface area contributed by atoms with Crippen LogP contribution in [0.4, 0.5) is 24.5 Å².